The third-order valence-corrected chi connectivity index (χ3v) is 6.73. The van der Waals surface area contributed by atoms with Crippen LogP contribution >= 0.6 is 0 Å². The number of hydrogen-bond acceptors (Lipinski definition) is 4. The van der Waals surface area contributed by atoms with Gasteiger partial charge in [0.05, 0.1) is 24.5 Å². The molecule has 1 unspecified atom stereocenters. The lowest BCUT2D eigenvalue weighted by molar-refractivity contribution is -0.140. The predicted molar refractivity (Wildman–Crippen MR) is 128 cm³/mol. The Morgan fingerprint density at radius 3 is 2.58 bits per heavy atom. The molecule has 2 aromatic carbocycles. The van der Waals surface area contributed by atoms with Crippen molar-refractivity contribution in [1.82, 2.24) is 14.7 Å². The van der Waals surface area contributed by atoms with Gasteiger partial charge < -0.3 is 9.64 Å². The van der Waals surface area contributed by atoms with Gasteiger partial charge in [0.2, 0.25) is 0 Å². The van der Waals surface area contributed by atoms with Crippen molar-refractivity contribution in [3.63, 3.8) is 0 Å². The van der Waals surface area contributed by atoms with Crippen molar-refractivity contribution in [3.05, 3.63) is 82.2 Å². The summed E-state index contributed by atoms with van der Waals surface area (Å²) in [5.41, 5.74) is 7.10. The van der Waals surface area contributed by atoms with Crippen LogP contribution in [0.2, 0.25) is 0 Å². The second-order valence-electron chi connectivity index (χ2n) is 8.71. The highest BCUT2D eigenvalue weighted by Gasteiger charge is 2.27. The van der Waals surface area contributed by atoms with Crippen LogP contribution in [-0.2, 0) is 22.4 Å². The minimum absolute atomic E-state index is 0.0235. The zero-order chi connectivity index (χ0) is 23.5. The highest BCUT2D eigenvalue weighted by molar-refractivity contribution is 5.94. The van der Waals surface area contributed by atoms with Gasteiger partial charge in [0.15, 0.2) is 0 Å². The summed E-state index contributed by atoms with van der Waals surface area (Å²) in [6.07, 6.45) is 4.07. The van der Waals surface area contributed by atoms with Crippen molar-refractivity contribution in [2.75, 3.05) is 14.2 Å². The van der Waals surface area contributed by atoms with E-state index in [2.05, 4.69) is 29.4 Å². The fraction of sp³-hybridized carbons (Fsp3) is 0.370. The molecule has 0 N–H and O–H groups in total. The van der Waals surface area contributed by atoms with E-state index in [1.165, 1.54) is 18.2 Å². The lowest BCUT2D eigenvalue weighted by Crippen LogP contribution is -2.33. The SMILES string of the molecule is COC(=O)CCc1c(C)nn(-c2ccc(C(=O)N(C)C3CCCc4ccccc43)cc2)c1C. The van der Waals surface area contributed by atoms with Crippen LogP contribution in [0.15, 0.2) is 48.5 Å². The number of esters is 1. The van der Waals surface area contributed by atoms with Crippen LogP contribution in [0.5, 0.6) is 0 Å². The van der Waals surface area contributed by atoms with Crippen LogP contribution in [0.1, 0.15) is 63.7 Å². The van der Waals surface area contributed by atoms with Crippen molar-refractivity contribution in [1.29, 1.82) is 0 Å². The van der Waals surface area contributed by atoms with Crippen molar-refractivity contribution in [2.24, 2.45) is 0 Å². The Kier molecular flexibility index (Phi) is 6.63. The molecule has 0 saturated heterocycles. The number of benzene rings is 2. The molecule has 1 aliphatic carbocycles. The molecule has 0 spiro atoms. The van der Waals surface area contributed by atoms with E-state index in [9.17, 15) is 9.59 Å². The summed E-state index contributed by atoms with van der Waals surface area (Å²) in [5, 5.41) is 4.66. The number of aryl methyl sites for hydroxylation is 2. The maximum absolute atomic E-state index is 13.3. The van der Waals surface area contributed by atoms with E-state index < -0.39 is 0 Å². The average Bonchev–Trinajstić information content (AvgIpc) is 3.14. The molecule has 6 heteroatoms. The number of ether oxygens (including phenoxy) is 1. The molecule has 1 atom stereocenters. The third kappa shape index (κ3) is 4.56. The Balaban J connectivity index is 1.52. The van der Waals surface area contributed by atoms with E-state index in [0.29, 0.717) is 18.4 Å². The third-order valence-electron chi connectivity index (χ3n) is 6.73. The topological polar surface area (TPSA) is 64.4 Å². The molecule has 0 saturated carbocycles. The maximum atomic E-state index is 13.3. The van der Waals surface area contributed by atoms with Gasteiger partial charge in [0.1, 0.15) is 0 Å². The van der Waals surface area contributed by atoms with E-state index in [0.717, 1.165) is 41.9 Å². The molecular weight excluding hydrogens is 414 g/mol. The zero-order valence-corrected chi connectivity index (χ0v) is 19.8. The van der Waals surface area contributed by atoms with E-state index in [4.69, 9.17) is 4.74 Å². The van der Waals surface area contributed by atoms with Crippen LogP contribution in [0.4, 0.5) is 0 Å². The molecule has 4 rings (SSSR count). The summed E-state index contributed by atoms with van der Waals surface area (Å²) in [6.45, 7) is 3.95. The fourth-order valence-electron chi connectivity index (χ4n) is 4.84. The van der Waals surface area contributed by atoms with Gasteiger partial charge in [-0.3, -0.25) is 9.59 Å². The minimum Gasteiger partial charge on any atom is -0.469 e. The monoisotopic (exact) mass is 445 g/mol. The van der Waals surface area contributed by atoms with Gasteiger partial charge in [-0.15, -0.1) is 0 Å². The Bertz CT molecular complexity index is 1160. The van der Waals surface area contributed by atoms with Gasteiger partial charge in [0, 0.05) is 24.7 Å². The number of amides is 1. The van der Waals surface area contributed by atoms with Crippen LogP contribution < -0.4 is 0 Å². The molecule has 1 aromatic heterocycles. The number of nitrogens with zero attached hydrogens (tertiary/aromatic N) is 3. The van der Waals surface area contributed by atoms with Crippen LogP contribution in [0.3, 0.4) is 0 Å². The van der Waals surface area contributed by atoms with Crippen molar-refractivity contribution >= 4 is 11.9 Å². The van der Waals surface area contributed by atoms with E-state index in [-0.39, 0.29) is 17.9 Å². The minimum atomic E-state index is -0.228. The Hall–Kier alpha value is -3.41. The second kappa shape index (κ2) is 9.61. The van der Waals surface area contributed by atoms with E-state index >= 15 is 0 Å². The zero-order valence-electron chi connectivity index (χ0n) is 19.8. The Labute approximate surface area is 195 Å². The molecule has 6 nitrogen and oxygen atoms in total. The van der Waals surface area contributed by atoms with Gasteiger partial charge in [-0.25, -0.2) is 4.68 Å². The van der Waals surface area contributed by atoms with Crippen LogP contribution in [0, 0.1) is 13.8 Å². The van der Waals surface area contributed by atoms with Crippen molar-refractivity contribution in [3.8, 4) is 5.69 Å². The van der Waals surface area contributed by atoms with Gasteiger partial charge in [-0.05, 0) is 80.5 Å². The number of hydrogen-bond donors (Lipinski definition) is 0. The molecule has 33 heavy (non-hydrogen) atoms. The first-order chi connectivity index (χ1) is 15.9. The Morgan fingerprint density at radius 1 is 1.12 bits per heavy atom. The summed E-state index contributed by atoms with van der Waals surface area (Å²) in [5.74, 6) is -0.204. The number of carbonyl (C=O) groups is 2. The molecule has 3 aromatic rings. The summed E-state index contributed by atoms with van der Waals surface area (Å²) < 4.78 is 6.63. The lowest BCUT2D eigenvalue weighted by Gasteiger charge is -2.33. The largest absolute Gasteiger partial charge is 0.469 e. The Morgan fingerprint density at radius 2 is 1.85 bits per heavy atom. The van der Waals surface area contributed by atoms with Gasteiger partial charge >= 0.3 is 5.97 Å². The van der Waals surface area contributed by atoms with Gasteiger partial charge in [-0.2, -0.15) is 5.10 Å². The summed E-state index contributed by atoms with van der Waals surface area (Å²) in [6, 6.07) is 16.1. The summed E-state index contributed by atoms with van der Waals surface area (Å²) in [7, 11) is 3.30. The van der Waals surface area contributed by atoms with Crippen molar-refractivity contribution < 1.29 is 14.3 Å². The van der Waals surface area contributed by atoms with Crippen molar-refractivity contribution in [2.45, 2.75) is 52.0 Å². The molecular formula is C27H31N3O3. The average molecular weight is 446 g/mol. The maximum Gasteiger partial charge on any atom is 0.305 e. The molecule has 172 valence electrons. The fourth-order valence-corrected chi connectivity index (χ4v) is 4.84. The quantitative estimate of drug-likeness (QED) is 0.514. The molecule has 0 bridgehead atoms. The predicted octanol–water partition coefficient (Wildman–Crippen LogP) is 4.74. The molecule has 0 fully saturated rings. The standard InChI is InChI=1S/C27H31N3O3/c1-18-23(16-17-26(31)33-4)19(2)30(28-18)22-14-12-21(13-15-22)27(32)29(3)25-11-7-9-20-8-5-6-10-24(20)25/h5-6,8,10,12-15,25H,7,9,11,16-17H2,1-4H3. The van der Waals surface area contributed by atoms with Gasteiger partial charge in [-0.1, -0.05) is 24.3 Å². The smallest absolute Gasteiger partial charge is 0.305 e. The second-order valence-corrected chi connectivity index (χ2v) is 8.71. The molecule has 1 amide bonds. The summed E-state index contributed by atoms with van der Waals surface area (Å²) >= 11 is 0. The first-order valence-electron chi connectivity index (χ1n) is 11.5. The molecule has 0 radical (unpaired) electrons. The van der Waals surface area contributed by atoms with Crippen LogP contribution in [0.25, 0.3) is 5.69 Å². The number of methoxy groups -OCH3 is 1. The highest BCUT2D eigenvalue weighted by atomic mass is 16.5. The van der Waals surface area contributed by atoms with E-state index in [1.54, 1.807) is 0 Å². The first kappa shape index (κ1) is 22.8. The number of aromatic nitrogens is 2. The summed E-state index contributed by atoms with van der Waals surface area (Å²) in [4.78, 5) is 26.7. The molecule has 1 heterocycles. The first-order valence-corrected chi connectivity index (χ1v) is 11.5. The molecule has 0 aliphatic heterocycles. The number of fused-ring (bicyclic) bond motifs is 1. The van der Waals surface area contributed by atoms with Gasteiger partial charge in [0.25, 0.3) is 5.91 Å². The normalized spacial score (nSPS) is 15.1. The lowest BCUT2D eigenvalue weighted by atomic mass is 9.87. The number of carbonyl (C=O) groups excluding carboxylic acids is 2. The van der Waals surface area contributed by atoms with Crippen LogP contribution in [-0.4, -0.2) is 40.7 Å². The van der Waals surface area contributed by atoms with E-state index in [1.807, 2.05) is 54.7 Å². The number of rotatable bonds is 6. The molecule has 1 aliphatic rings. The highest BCUT2D eigenvalue weighted by Crippen LogP contribution is 2.34.